The third-order valence-corrected chi connectivity index (χ3v) is 1.45. The number of halogens is 1. The van der Waals surface area contributed by atoms with Crippen molar-refractivity contribution < 1.29 is 0 Å². The first kappa shape index (κ1) is 12.9. The number of rotatable bonds is 2. The van der Waals surface area contributed by atoms with Crippen LogP contribution in [0.2, 0.25) is 0 Å². The summed E-state index contributed by atoms with van der Waals surface area (Å²) in [5.74, 6) is -0.115. The minimum atomic E-state index is -0.115. The van der Waals surface area contributed by atoms with Gasteiger partial charge in [-0.1, -0.05) is 18.2 Å². The van der Waals surface area contributed by atoms with Crippen LogP contribution in [0.5, 0.6) is 0 Å². The molecule has 0 radical (unpaired) electrons. The molecule has 6 heteroatoms. The number of nitriles is 1. The summed E-state index contributed by atoms with van der Waals surface area (Å²) in [5.41, 5.74) is 11.4. The molecule has 15 heavy (non-hydrogen) atoms. The van der Waals surface area contributed by atoms with Gasteiger partial charge in [-0.3, -0.25) is 0 Å². The zero-order valence-corrected chi connectivity index (χ0v) is 8.61. The lowest BCUT2D eigenvalue weighted by molar-refractivity contribution is 1.21. The minimum Gasteiger partial charge on any atom is -0.369 e. The van der Waals surface area contributed by atoms with E-state index in [4.69, 9.17) is 16.7 Å². The number of benzene rings is 1. The average molecular weight is 224 g/mol. The normalized spacial score (nSPS) is 9.00. The fourth-order valence-corrected chi connectivity index (χ4v) is 0.869. The SMILES string of the molecule is Cl.N#Cc1ccccc1/C=N/N=C(N)N. The lowest BCUT2D eigenvalue weighted by Crippen LogP contribution is -2.21. The number of hydrogen-bond donors (Lipinski definition) is 2. The monoisotopic (exact) mass is 223 g/mol. The van der Waals surface area contributed by atoms with Gasteiger partial charge in [0.2, 0.25) is 5.96 Å². The Bertz CT molecular complexity index is 415. The first-order chi connectivity index (χ1) is 6.74. The van der Waals surface area contributed by atoms with Crippen LogP contribution in [0.25, 0.3) is 0 Å². The van der Waals surface area contributed by atoms with Gasteiger partial charge in [-0.2, -0.15) is 10.4 Å². The zero-order valence-electron chi connectivity index (χ0n) is 7.79. The highest BCUT2D eigenvalue weighted by Gasteiger charge is 1.95. The van der Waals surface area contributed by atoms with Crippen molar-refractivity contribution in [3.63, 3.8) is 0 Å². The smallest absolute Gasteiger partial charge is 0.211 e. The summed E-state index contributed by atoms with van der Waals surface area (Å²) in [7, 11) is 0. The van der Waals surface area contributed by atoms with E-state index in [2.05, 4.69) is 10.2 Å². The van der Waals surface area contributed by atoms with Crippen molar-refractivity contribution in [2.75, 3.05) is 0 Å². The van der Waals surface area contributed by atoms with Gasteiger partial charge in [0.25, 0.3) is 0 Å². The van der Waals surface area contributed by atoms with Crippen molar-refractivity contribution in [3.05, 3.63) is 35.4 Å². The Labute approximate surface area is 93.5 Å². The molecule has 1 aromatic carbocycles. The lowest BCUT2D eigenvalue weighted by Gasteiger charge is -1.93. The summed E-state index contributed by atoms with van der Waals surface area (Å²) in [6, 6.07) is 9.05. The van der Waals surface area contributed by atoms with Crippen LogP contribution in [0, 0.1) is 11.3 Å². The van der Waals surface area contributed by atoms with Gasteiger partial charge >= 0.3 is 0 Å². The molecule has 0 aliphatic heterocycles. The van der Waals surface area contributed by atoms with Crippen LogP contribution in [0.15, 0.2) is 34.5 Å². The number of nitrogens with two attached hydrogens (primary N) is 2. The summed E-state index contributed by atoms with van der Waals surface area (Å²) in [6.07, 6.45) is 1.43. The lowest BCUT2D eigenvalue weighted by atomic mass is 10.1. The van der Waals surface area contributed by atoms with E-state index in [9.17, 15) is 0 Å². The summed E-state index contributed by atoms with van der Waals surface area (Å²) < 4.78 is 0. The quantitative estimate of drug-likeness (QED) is 0.436. The first-order valence-corrected chi connectivity index (χ1v) is 3.85. The Morgan fingerprint density at radius 1 is 1.33 bits per heavy atom. The minimum absolute atomic E-state index is 0. The maximum atomic E-state index is 8.73. The molecular weight excluding hydrogens is 214 g/mol. The third kappa shape index (κ3) is 4.11. The maximum absolute atomic E-state index is 8.73. The second-order valence-corrected chi connectivity index (χ2v) is 2.47. The first-order valence-electron chi connectivity index (χ1n) is 3.85. The Kier molecular flexibility index (Phi) is 5.52. The van der Waals surface area contributed by atoms with E-state index in [0.29, 0.717) is 11.1 Å². The molecule has 78 valence electrons. The molecule has 4 N–H and O–H groups in total. The van der Waals surface area contributed by atoms with Crippen molar-refractivity contribution in [1.29, 1.82) is 5.26 Å². The van der Waals surface area contributed by atoms with Gasteiger partial charge in [-0.25, -0.2) is 0 Å². The standard InChI is InChI=1S/C9H9N5.ClH/c10-5-7-3-1-2-4-8(7)6-13-14-9(11)12;/h1-4,6H,(H4,11,12,14);1H/b13-6+;. The Morgan fingerprint density at radius 2 is 2.00 bits per heavy atom. The van der Waals surface area contributed by atoms with Crippen LogP contribution in [-0.2, 0) is 0 Å². The van der Waals surface area contributed by atoms with Crippen LogP contribution in [0.4, 0.5) is 0 Å². The number of guanidine groups is 1. The molecule has 0 aliphatic rings. The molecule has 0 atom stereocenters. The van der Waals surface area contributed by atoms with Crippen molar-refractivity contribution >= 4 is 24.6 Å². The van der Waals surface area contributed by atoms with Gasteiger partial charge in [0.15, 0.2) is 0 Å². The van der Waals surface area contributed by atoms with Crippen molar-refractivity contribution in [2.24, 2.45) is 21.7 Å². The van der Waals surface area contributed by atoms with Crippen LogP contribution >= 0.6 is 12.4 Å². The van der Waals surface area contributed by atoms with E-state index >= 15 is 0 Å². The topological polar surface area (TPSA) is 101 Å². The molecule has 1 aromatic rings. The second kappa shape index (κ2) is 6.40. The summed E-state index contributed by atoms with van der Waals surface area (Å²) in [5, 5.41) is 15.8. The molecule has 0 aliphatic carbocycles. The van der Waals surface area contributed by atoms with Gasteiger partial charge in [-0.15, -0.1) is 17.5 Å². The Hall–Kier alpha value is -2.06. The summed E-state index contributed by atoms with van der Waals surface area (Å²) in [6.45, 7) is 0. The fraction of sp³-hybridized carbons (Fsp3) is 0. The van der Waals surface area contributed by atoms with Crippen LogP contribution in [0.3, 0.4) is 0 Å². The predicted octanol–water partition coefficient (Wildman–Crippen LogP) is 0.587. The summed E-state index contributed by atoms with van der Waals surface area (Å²) in [4.78, 5) is 0. The van der Waals surface area contributed by atoms with Crippen LogP contribution in [-0.4, -0.2) is 12.2 Å². The number of nitrogens with zero attached hydrogens (tertiary/aromatic N) is 3. The molecule has 0 heterocycles. The third-order valence-electron chi connectivity index (χ3n) is 1.45. The Balaban J connectivity index is 0.00000196. The highest BCUT2D eigenvalue weighted by Crippen LogP contribution is 2.03. The van der Waals surface area contributed by atoms with Crippen LogP contribution in [0.1, 0.15) is 11.1 Å². The van der Waals surface area contributed by atoms with E-state index in [-0.39, 0.29) is 18.4 Å². The van der Waals surface area contributed by atoms with Crippen molar-refractivity contribution in [1.82, 2.24) is 0 Å². The molecule has 5 nitrogen and oxygen atoms in total. The fourth-order valence-electron chi connectivity index (χ4n) is 0.869. The van der Waals surface area contributed by atoms with Gasteiger partial charge < -0.3 is 11.5 Å². The van der Waals surface area contributed by atoms with Crippen molar-refractivity contribution in [2.45, 2.75) is 0 Å². The highest BCUT2D eigenvalue weighted by molar-refractivity contribution is 5.85. The second-order valence-electron chi connectivity index (χ2n) is 2.47. The van der Waals surface area contributed by atoms with Gasteiger partial charge in [0, 0.05) is 5.56 Å². The molecule has 0 bridgehead atoms. The predicted molar refractivity (Wildman–Crippen MR) is 61.8 cm³/mol. The molecule has 1 rings (SSSR count). The summed E-state index contributed by atoms with van der Waals surface area (Å²) >= 11 is 0. The van der Waals surface area contributed by atoms with E-state index in [0.717, 1.165) is 0 Å². The van der Waals surface area contributed by atoms with E-state index in [1.807, 2.05) is 6.07 Å². The van der Waals surface area contributed by atoms with Gasteiger partial charge in [-0.05, 0) is 6.07 Å². The molecule has 0 aromatic heterocycles. The Morgan fingerprint density at radius 3 is 2.60 bits per heavy atom. The largest absolute Gasteiger partial charge is 0.369 e. The number of hydrogen-bond acceptors (Lipinski definition) is 3. The molecule has 0 saturated carbocycles. The molecule has 0 spiro atoms. The maximum Gasteiger partial charge on any atom is 0.211 e. The zero-order chi connectivity index (χ0) is 10.4. The highest BCUT2D eigenvalue weighted by atomic mass is 35.5. The van der Waals surface area contributed by atoms with Crippen LogP contribution < -0.4 is 11.5 Å². The average Bonchev–Trinajstić information content (AvgIpc) is 2.18. The van der Waals surface area contributed by atoms with E-state index in [1.165, 1.54) is 6.21 Å². The van der Waals surface area contributed by atoms with Crippen molar-refractivity contribution in [3.8, 4) is 6.07 Å². The van der Waals surface area contributed by atoms with E-state index < -0.39 is 0 Å². The molecular formula is C9H10ClN5. The molecule has 0 fully saturated rings. The molecule has 0 unspecified atom stereocenters. The molecule has 0 amide bonds. The van der Waals surface area contributed by atoms with Gasteiger partial charge in [0.05, 0.1) is 17.8 Å². The van der Waals surface area contributed by atoms with Gasteiger partial charge in [0.1, 0.15) is 0 Å². The van der Waals surface area contributed by atoms with E-state index in [1.54, 1.807) is 24.3 Å². The molecule has 0 saturated heterocycles.